The van der Waals surface area contributed by atoms with Crippen molar-refractivity contribution < 1.29 is 19.4 Å². The molecule has 3 aliphatic rings. The predicted octanol–water partition coefficient (Wildman–Crippen LogP) is 4.37. The van der Waals surface area contributed by atoms with Crippen molar-refractivity contribution in [1.82, 2.24) is 14.8 Å². The van der Waals surface area contributed by atoms with Crippen LogP contribution in [0.4, 0.5) is 10.8 Å². The molecule has 2 aliphatic carbocycles. The van der Waals surface area contributed by atoms with Crippen molar-refractivity contribution in [3.63, 3.8) is 0 Å². The smallest absolute Gasteiger partial charge is 0.225 e. The molecule has 5 rings (SSSR count). The van der Waals surface area contributed by atoms with Crippen LogP contribution in [0.2, 0.25) is 0 Å². The highest BCUT2D eigenvalue weighted by molar-refractivity contribution is 7.15. The number of carbonyl (C=O) groups is 1. The summed E-state index contributed by atoms with van der Waals surface area (Å²) in [6.07, 6.45) is 2.26. The summed E-state index contributed by atoms with van der Waals surface area (Å²) in [5, 5.41) is 16.1. The second-order valence-electron chi connectivity index (χ2n) is 11.8. The van der Waals surface area contributed by atoms with Gasteiger partial charge in [-0.1, -0.05) is 20.8 Å². The molecule has 8 nitrogen and oxygen atoms in total. The maximum absolute atomic E-state index is 13.4. The van der Waals surface area contributed by atoms with E-state index in [2.05, 4.69) is 31.1 Å². The average Bonchev–Trinajstić information content (AvgIpc) is 3.30. The monoisotopic (exact) mass is 542 g/mol. The molecule has 208 valence electrons. The van der Waals surface area contributed by atoms with Gasteiger partial charge in [0.15, 0.2) is 5.13 Å². The van der Waals surface area contributed by atoms with Crippen molar-refractivity contribution in [3.8, 4) is 11.5 Å². The minimum absolute atomic E-state index is 0.0175. The van der Waals surface area contributed by atoms with Crippen LogP contribution >= 0.6 is 11.3 Å². The zero-order valence-corrected chi connectivity index (χ0v) is 24.3. The minimum Gasteiger partial charge on any atom is -0.497 e. The van der Waals surface area contributed by atoms with Gasteiger partial charge in [-0.15, -0.1) is 11.3 Å². The highest BCUT2D eigenvalue weighted by Gasteiger charge is 2.54. The number of anilines is 2. The second-order valence-corrected chi connectivity index (χ2v) is 12.9. The van der Waals surface area contributed by atoms with Gasteiger partial charge in [0.05, 0.1) is 31.7 Å². The number of hydrogen-bond donors (Lipinski definition) is 2. The fourth-order valence-corrected chi connectivity index (χ4v) is 8.40. The van der Waals surface area contributed by atoms with Gasteiger partial charge in [-0.25, -0.2) is 4.98 Å². The number of nitrogens with zero attached hydrogens (tertiary/aromatic N) is 3. The topological polar surface area (TPSA) is 87.2 Å². The van der Waals surface area contributed by atoms with Gasteiger partial charge in [0.1, 0.15) is 11.5 Å². The van der Waals surface area contributed by atoms with Gasteiger partial charge in [0.25, 0.3) is 0 Å². The van der Waals surface area contributed by atoms with Crippen LogP contribution in [0.5, 0.6) is 11.5 Å². The average molecular weight is 543 g/mol. The zero-order valence-electron chi connectivity index (χ0n) is 23.5. The number of likely N-dealkylation sites (N-methyl/N-ethyl adjacent to an activating group) is 1. The summed E-state index contributed by atoms with van der Waals surface area (Å²) in [5.41, 5.74) is 1.86. The van der Waals surface area contributed by atoms with E-state index < -0.39 is 6.10 Å². The van der Waals surface area contributed by atoms with Crippen molar-refractivity contribution >= 4 is 28.1 Å². The molecule has 1 saturated carbocycles. The van der Waals surface area contributed by atoms with Crippen LogP contribution < -0.4 is 14.8 Å². The summed E-state index contributed by atoms with van der Waals surface area (Å²) < 4.78 is 10.9. The molecule has 2 fully saturated rings. The van der Waals surface area contributed by atoms with Crippen LogP contribution in [-0.4, -0.2) is 79.3 Å². The third-order valence-corrected chi connectivity index (χ3v) is 10.4. The number of methoxy groups -OCH3 is 2. The summed E-state index contributed by atoms with van der Waals surface area (Å²) >= 11 is 1.69. The Kier molecular flexibility index (Phi) is 7.64. The number of thiazole rings is 1. The van der Waals surface area contributed by atoms with E-state index >= 15 is 0 Å². The van der Waals surface area contributed by atoms with E-state index in [-0.39, 0.29) is 35.0 Å². The van der Waals surface area contributed by atoms with E-state index in [0.29, 0.717) is 0 Å². The first-order chi connectivity index (χ1) is 18.1. The standard InChI is InChI=1S/C29H42N4O4S/c1-17(27(35)33-13-11-32(4)12-14-33)20-9-10-29(3)16-23-25(18(2)24(29)26(20)34)31-28(38-23)30-21-15-19(36-5)7-8-22(21)37-6/h7-8,15,17-18,20,24,26,34H,9-14,16H2,1-6H3,(H,30,31)/t17-,18-,20-,24+,26-,29-/m0/s1. The number of aromatic nitrogens is 1. The van der Waals surface area contributed by atoms with Crippen LogP contribution in [0, 0.1) is 23.2 Å². The van der Waals surface area contributed by atoms with Crippen LogP contribution in [-0.2, 0) is 11.2 Å². The molecule has 0 bridgehead atoms. The molecule has 2 N–H and O–H groups in total. The van der Waals surface area contributed by atoms with E-state index in [4.69, 9.17) is 14.5 Å². The Morgan fingerprint density at radius 3 is 2.66 bits per heavy atom. The SMILES string of the molecule is COc1ccc(OC)c(Nc2nc3c(s2)C[C@]2(C)CC[C@@H]([C@H](C)C(=O)N4CCN(C)CC4)[C@H](O)[C@H]2[C@@H]3C)c1. The summed E-state index contributed by atoms with van der Waals surface area (Å²) in [6.45, 7) is 9.92. The number of ether oxygens (including phenoxy) is 2. The van der Waals surface area contributed by atoms with Gasteiger partial charge in [0, 0.05) is 49.0 Å². The number of benzene rings is 1. The Labute approximate surface area is 230 Å². The molecule has 2 heterocycles. The van der Waals surface area contributed by atoms with Crippen LogP contribution in [0.3, 0.4) is 0 Å². The Hall–Kier alpha value is -2.36. The summed E-state index contributed by atoms with van der Waals surface area (Å²) in [7, 11) is 5.40. The summed E-state index contributed by atoms with van der Waals surface area (Å²) in [5.74, 6) is 1.63. The number of nitrogens with one attached hydrogen (secondary N) is 1. The molecular weight excluding hydrogens is 500 g/mol. The molecule has 1 aromatic heterocycles. The molecule has 2 aromatic rings. The Balaban J connectivity index is 1.35. The molecule has 38 heavy (non-hydrogen) atoms. The summed E-state index contributed by atoms with van der Waals surface area (Å²) in [4.78, 5) is 24.0. The van der Waals surface area contributed by atoms with Crippen molar-refractivity contribution in [3.05, 3.63) is 28.8 Å². The lowest BCUT2D eigenvalue weighted by Gasteiger charge is -2.53. The Morgan fingerprint density at radius 2 is 1.97 bits per heavy atom. The number of carbonyl (C=O) groups excluding carboxylic acids is 1. The Morgan fingerprint density at radius 1 is 1.24 bits per heavy atom. The van der Waals surface area contributed by atoms with Crippen molar-refractivity contribution in [2.45, 2.75) is 52.1 Å². The first-order valence-electron chi connectivity index (χ1n) is 13.8. The minimum atomic E-state index is -0.528. The van der Waals surface area contributed by atoms with E-state index in [1.165, 1.54) is 4.88 Å². The van der Waals surface area contributed by atoms with E-state index in [1.54, 1.807) is 25.6 Å². The lowest BCUT2D eigenvalue weighted by molar-refractivity contribution is -0.146. The first kappa shape index (κ1) is 27.2. The van der Waals surface area contributed by atoms with Gasteiger partial charge in [-0.05, 0) is 55.7 Å². The molecule has 9 heteroatoms. The lowest BCUT2D eigenvalue weighted by Crippen LogP contribution is -2.55. The molecular formula is C29H42N4O4S. The molecule has 1 saturated heterocycles. The fourth-order valence-electron chi connectivity index (χ4n) is 7.12. The van der Waals surface area contributed by atoms with Gasteiger partial charge < -0.3 is 29.7 Å². The van der Waals surface area contributed by atoms with Crippen molar-refractivity contribution in [2.24, 2.45) is 23.2 Å². The third kappa shape index (κ3) is 4.89. The number of hydrogen-bond acceptors (Lipinski definition) is 8. The highest BCUT2D eigenvalue weighted by Crippen LogP contribution is 2.57. The zero-order chi connectivity index (χ0) is 27.2. The number of aliphatic hydroxyl groups is 1. The molecule has 1 aromatic carbocycles. The normalized spacial score (nSPS) is 30.2. The quantitative estimate of drug-likeness (QED) is 0.561. The molecule has 0 radical (unpaired) electrons. The fraction of sp³-hybridized carbons (Fsp3) is 0.655. The van der Waals surface area contributed by atoms with Crippen LogP contribution in [0.1, 0.15) is 50.1 Å². The van der Waals surface area contributed by atoms with Gasteiger partial charge in [0.2, 0.25) is 5.91 Å². The predicted molar refractivity (Wildman–Crippen MR) is 151 cm³/mol. The molecule has 1 aliphatic heterocycles. The van der Waals surface area contributed by atoms with Crippen molar-refractivity contribution in [1.29, 1.82) is 0 Å². The van der Waals surface area contributed by atoms with E-state index in [1.807, 2.05) is 30.0 Å². The van der Waals surface area contributed by atoms with E-state index in [0.717, 1.165) is 73.5 Å². The number of piperazine rings is 1. The number of rotatable bonds is 6. The van der Waals surface area contributed by atoms with Crippen LogP contribution in [0.15, 0.2) is 18.2 Å². The molecule has 1 amide bonds. The maximum atomic E-state index is 13.4. The van der Waals surface area contributed by atoms with Gasteiger partial charge in [-0.2, -0.15) is 0 Å². The largest absolute Gasteiger partial charge is 0.497 e. The third-order valence-electron chi connectivity index (χ3n) is 9.42. The molecule has 6 atom stereocenters. The number of fused-ring (bicyclic) bond motifs is 2. The maximum Gasteiger partial charge on any atom is 0.225 e. The Bertz CT molecular complexity index is 1160. The number of aliphatic hydroxyl groups excluding tert-OH is 1. The van der Waals surface area contributed by atoms with Crippen LogP contribution in [0.25, 0.3) is 0 Å². The van der Waals surface area contributed by atoms with Gasteiger partial charge >= 0.3 is 0 Å². The second kappa shape index (κ2) is 10.7. The molecule has 0 unspecified atom stereocenters. The first-order valence-corrected chi connectivity index (χ1v) is 14.6. The lowest BCUT2D eigenvalue weighted by atomic mass is 9.53. The van der Waals surface area contributed by atoms with E-state index in [9.17, 15) is 9.90 Å². The van der Waals surface area contributed by atoms with Gasteiger partial charge in [-0.3, -0.25) is 4.79 Å². The molecule has 0 spiro atoms. The number of amides is 1. The highest BCUT2D eigenvalue weighted by atomic mass is 32.1. The summed E-state index contributed by atoms with van der Waals surface area (Å²) in [6, 6.07) is 5.67. The van der Waals surface area contributed by atoms with Crippen molar-refractivity contribution in [2.75, 3.05) is 52.8 Å².